The Kier molecular flexibility index (Phi) is 4.88. The van der Waals surface area contributed by atoms with Crippen molar-refractivity contribution in [3.63, 3.8) is 0 Å². The van der Waals surface area contributed by atoms with Crippen molar-refractivity contribution in [2.24, 2.45) is 0 Å². The maximum Gasteiger partial charge on any atom is 0.177 e. The number of hydrogen-bond donors (Lipinski definition) is 1. The van der Waals surface area contributed by atoms with E-state index in [4.69, 9.17) is 15.2 Å². The van der Waals surface area contributed by atoms with Crippen LogP contribution in [0.25, 0.3) is 0 Å². The standard InChI is InChI=1S/C14H22N2O3S/c1-4-10(17)13-11(15)12(19-9(2)3)14(20-13)16-5-7-18-8-6-16/h9H,4-8,15H2,1-3H3. The number of nitrogen functional groups attached to an aromatic ring is 1. The second-order valence-corrected chi connectivity index (χ2v) is 6.02. The Labute approximate surface area is 123 Å². The number of carbonyl (C=O) groups is 1. The van der Waals surface area contributed by atoms with Crippen LogP contribution >= 0.6 is 11.3 Å². The molecule has 0 saturated carbocycles. The van der Waals surface area contributed by atoms with E-state index in [2.05, 4.69) is 4.90 Å². The molecule has 0 aliphatic carbocycles. The quantitative estimate of drug-likeness (QED) is 0.846. The molecule has 1 aliphatic heterocycles. The van der Waals surface area contributed by atoms with Crippen LogP contribution in [0, 0.1) is 0 Å². The lowest BCUT2D eigenvalue weighted by molar-refractivity contribution is 0.0992. The van der Waals surface area contributed by atoms with Crippen LogP contribution in [-0.4, -0.2) is 38.2 Å². The third-order valence-electron chi connectivity index (χ3n) is 3.11. The fourth-order valence-corrected chi connectivity index (χ4v) is 3.32. The summed E-state index contributed by atoms with van der Waals surface area (Å²) in [6.45, 7) is 8.75. The van der Waals surface area contributed by atoms with Crippen LogP contribution in [0.15, 0.2) is 0 Å². The Bertz CT molecular complexity index is 479. The molecule has 2 rings (SSSR count). The molecule has 1 saturated heterocycles. The molecular formula is C14H22N2O3S. The fraction of sp³-hybridized carbons (Fsp3) is 0.643. The van der Waals surface area contributed by atoms with E-state index in [-0.39, 0.29) is 11.9 Å². The molecule has 0 radical (unpaired) electrons. The van der Waals surface area contributed by atoms with Crippen LogP contribution in [0.5, 0.6) is 5.75 Å². The summed E-state index contributed by atoms with van der Waals surface area (Å²) in [5.41, 5.74) is 6.63. The summed E-state index contributed by atoms with van der Waals surface area (Å²) >= 11 is 1.44. The van der Waals surface area contributed by atoms with Crippen molar-refractivity contribution in [3.8, 4) is 5.75 Å². The van der Waals surface area contributed by atoms with E-state index in [0.29, 0.717) is 35.9 Å². The number of ether oxygens (including phenoxy) is 2. The summed E-state index contributed by atoms with van der Waals surface area (Å²) in [5, 5.41) is 0.955. The van der Waals surface area contributed by atoms with Crippen molar-refractivity contribution in [2.75, 3.05) is 36.9 Å². The number of morpholine rings is 1. The number of hydrogen-bond acceptors (Lipinski definition) is 6. The lowest BCUT2D eigenvalue weighted by atomic mass is 10.2. The Morgan fingerprint density at radius 3 is 2.65 bits per heavy atom. The Balaban J connectivity index is 2.39. The summed E-state index contributed by atoms with van der Waals surface area (Å²) < 4.78 is 11.2. The monoisotopic (exact) mass is 298 g/mol. The predicted octanol–water partition coefficient (Wildman–Crippen LogP) is 2.55. The average molecular weight is 298 g/mol. The molecule has 5 nitrogen and oxygen atoms in total. The molecule has 112 valence electrons. The van der Waals surface area contributed by atoms with E-state index in [9.17, 15) is 4.79 Å². The smallest absolute Gasteiger partial charge is 0.177 e. The highest BCUT2D eigenvalue weighted by Gasteiger charge is 2.26. The highest BCUT2D eigenvalue weighted by Crippen LogP contribution is 2.46. The topological polar surface area (TPSA) is 64.8 Å². The predicted molar refractivity (Wildman–Crippen MR) is 82.1 cm³/mol. The number of nitrogens with zero attached hydrogens (tertiary/aromatic N) is 1. The first-order chi connectivity index (χ1) is 9.54. The minimum absolute atomic E-state index is 0.0243. The molecule has 2 N–H and O–H groups in total. The second-order valence-electron chi connectivity index (χ2n) is 5.02. The molecule has 0 unspecified atom stereocenters. The summed E-state index contributed by atoms with van der Waals surface area (Å²) in [6, 6.07) is 0. The zero-order valence-electron chi connectivity index (χ0n) is 12.3. The zero-order chi connectivity index (χ0) is 14.7. The van der Waals surface area contributed by atoms with Gasteiger partial charge in [-0.15, -0.1) is 11.3 Å². The van der Waals surface area contributed by atoms with Crippen molar-refractivity contribution in [1.29, 1.82) is 0 Å². The van der Waals surface area contributed by atoms with Crippen molar-refractivity contribution in [3.05, 3.63) is 4.88 Å². The summed E-state index contributed by atoms with van der Waals surface area (Å²) in [5.74, 6) is 0.726. The molecular weight excluding hydrogens is 276 g/mol. The lowest BCUT2D eigenvalue weighted by Crippen LogP contribution is -2.36. The molecule has 0 amide bonds. The van der Waals surface area contributed by atoms with Gasteiger partial charge in [-0.3, -0.25) is 4.79 Å². The Hall–Kier alpha value is -1.27. The highest BCUT2D eigenvalue weighted by atomic mass is 32.1. The first-order valence-electron chi connectivity index (χ1n) is 6.99. The number of rotatable bonds is 5. The van der Waals surface area contributed by atoms with Gasteiger partial charge in [0, 0.05) is 19.5 Å². The van der Waals surface area contributed by atoms with E-state index in [1.165, 1.54) is 11.3 Å². The van der Waals surface area contributed by atoms with Crippen LogP contribution in [0.2, 0.25) is 0 Å². The van der Waals surface area contributed by atoms with E-state index in [1.807, 2.05) is 20.8 Å². The third-order valence-corrected chi connectivity index (χ3v) is 4.40. The second kappa shape index (κ2) is 6.45. The first-order valence-corrected chi connectivity index (χ1v) is 7.81. The van der Waals surface area contributed by atoms with Gasteiger partial charge in [0.15, 0.2) is 11.5 Å². The van der Waals surface area contributed by atoms with Gasteiger partial charge in [-0.05, 0) is 13.8 Å². The van der Waals surface area contributed by atoms with Gasteiger partial charge in [-0.2, -0.15) is 0 Å². The van der Waals surface area contributed by atoms with E-state index in [0.717, 1.165) is 18.1 Å². The first kappa shape index (κ1) is 15.1. The SMILES string of the molecule is CCC(=O)c1sc(N2CCOCC2)c(OC(C)C)c1N. The number of carbonyl (C=O) groups excluding carboxylic acids is 1. The summed E-state index contributed by atoms with van der Waals surface area (Å²) in [7, 11) is 0. The van der Waals surface area contributed by atoms with Crippen molar-refractivity contribution in [2.45, 2.75) is 33.3 Å². The largest absolute Gasteiger partial charge is 0.486 e. The van der Waals surface area contributed by atoms with Gasteiger partial charge in [0.1, 0.15) is 5.00 Å². The number of nitrogens with two attached hydrogens (primary N) is 1. The molecule has 6 heteroatoms. The molecule has 0 bridgehead atoms. The van der Waals surface area contributed by atoms with Crippen LogP contribution < -0.4 is 15.4 Å². The summed E-state index contributed by atoms with van der Waals surface area (Å²) in [4.78, 5) is 14.8. The van der Waals surface area contributed by atoms with Gasteiger partial charge in [0.2, 0.25) is 0 Å². The molecule has 1 fully saturated rings. The maximum atomic E-state index is 12.0. The maximum absolute atomic E-state index is 12.0. The normalized spacial score (nSPS) is 15.7. The van der Waals surface area contributed by atoms with Gasteiger partial charge < -0.3 is 20.1 Å². The van der Waals surface area contributed by atoms with Crippen LogP contribution in [0.1, 0.15) is 36.9 Å². The van der Waals surface area contributed by atoms with Gasteiger partial charge >= 0.3 is 0 Å². The molecule has 2 heterocycles. The van der Waals surface area contributed by atoms with Crippen LogP contribution in [0.3, 0.4) is 0 Å². The number of thiophene rings is 1. The molecule has 20 heavy (non-hydrogen) atoms. The van der Waals surface area contributed by atoms with Crippen LogP contribution in [0.4, 0.5) is 10.7 Å². The van der Waals surface area contributed by atoms with E-state index in [1.54, 1.807) is 0 Å². The van der Waals surface area contributed by atoms with Gasteiger partial charge in [0.05, 0.1) is 29.9 Å². The minimum Gasteiger partial charge on any atom is -0.486 e. The van der Waals surface area contributed by atoms with Gasteiger partial charge in [-0.1, -0.05) is 6.92 Å². The lowest BCUT2D eigenvalue weighted by Gasteiger charge is -2.28. The molecule has 0 spiro atoms. The van der Waals surface area contributed by atoms with Crippen molar-refractivity contribution >= 4 is 27.8 Å². The van der Waals surface area contributed by atoms with Crippen LogP contribution in [-0.2, 0) is 4.74 Å². The molecule has 1 aliphatic rings. The zero-order valence-corrected chi connectivity index (χ0v) is 13.1. The van der Waals surface area contributed by atoms with Gasteiger partial charge in [0.25, 0.3) is 0 Å². The van der Waals surface area contributed by atoms with E-state index >= 15 is 0 Å². The minimum atomic E-state index is 0.0243. The molecule has 1 aromatic heterocycles. The third kappa shape index (κ3) is 3.07. The van der Waals surface area contributed by atoms with E-state index < -0.39 is 0 Å². The van der Waals surface area contributed by atoms with Gasteiger partial charge in [-0.25, -0.2) is 0 Å². The van der Waals surface area contributed by atoms with Crippen molar-refractivity contribution < 1.29 is 14.3 Å². The number of anilines is 2. The molecule has 1 aromatic rings. The Morgan fingerprint density at radius 2 is 2.10 bits per heavy atom. The number of Topliss-reactive ketones (excluding diaryl/α,β-unsaturated/α-hetero) is 1. The molecule has 0 aromatic carbocycles. The average Bonchev–Trinajstić information content (AvgIpc) is 2.76. The molecule has 0 atom stereocenters. The Morgan fingerprint density at radius 1 is 1.45 bits per heavy atom. The summed E-state index contributed by atoms with van der Waals surface area (Å²) in [6.07, 6.45) is 0.477. The highest BCUT2D eigenvalue weighted by molar-refractivity contribution is 7.19. The fourth-order valence-electron chi connectivity index (χ4n) is 2.11. The van der Waals surface area contributed by atoms with Crippen molar-refractivity contribution in [1.82, 2.24) is 0 Å². The number of ketones is 1.